The molecule has 0 aliphatic carbocycles. The van der Waals surface area contributed by atoms with Crippen LogP contribution in [0, 0.1) is 5.92 Å². The van der Waals surface area contributed by atoms with E-state index >= 15 is 0 Å². The van der Waals surface area contributed by atoms with E-state index in [9.17, 15) is 53.7 Å². The fraction of sp³-hybridized carbons (Fsp3) is 0.763. The molecule has 6 heterocycles. The number of hydrogen-bond donors (Lipinski definition) is 10. The summed E-state index contributed by atoms with van der Waals surface area (Å²) in [6.45, 7) is 5.30. The van der Waals surface area contributed by atoms with Crippen molar-refractivity contribution in [2.75, 3.05) is 107 Å². The van der Waals surface area contributed by atoms with Crippen molar-refractivity contribution in [2.45, 2.75) is 265 Å². The fourth-order valence-electron chi connectivity index (χ4n) is 13.5. The highest BCUT2D eigenvalue weighted by Crippen LogP contribution is 2.37. The third-order valence-corrected chi connectivity index (χ3v) is 24.0. The maximum atomic E-state index is 13.7. The van der Waals surface area contributed by atoms with Crippen LogP contribution in [0.4, 0.5) is 11.4 Å². The van der Waals surface area contributed by atoms with E-state index in [1.165, 1.54) is 11.8 Å². The average Bonchev–Trinajstić information content (AvgIpc) is 1.62. The molecule has 0 bridgehead atoms. The number of unbranched alkanes of at least 4 members (excludes halogenated alkanes) is 9. The molecule has 3 fully saturated rings. The number of aliphatic imine (C=N–C) groups is 2. The lowest BCUT2D eigenvalue weighted by Crippen LogP contribution is -2.53. The lowest BCUT2D eigenvalue weighted by atomic mass is 9.94. The van der Waals surface area contributed by atoms with Gasteiger partial charge in [-0.05, 0) is 95.2 Å². The molecule has 33 heteroatoms. The molecule has 2 aromatic rings. The van der Waals surface area contributed by atoms with Crippen molar-refractivity contribution in [1.29, 1.82) is 0 Å². The Bertz CT molecular complexity index is 3050. The Balaban J connectivity index is 0.672. The predicted molar refractivity (Wildman–Crippen MR) is 420 cm³/mol. The van der Waals surface area contributed by atoms with Crippen LogP contribution in [0.3, 0.4) is 0 Å². The Labute approximate surface area is 654 Å². The highest BCUT2D eigenvalue weighted by atomic mass is 32.2. The Morgan fingerprint density at radius 1 is 0.569 bits per heavy atom. The van der Waals surface area contributed by atoms with Crippen LogP contribution in [0.25, 0.3) is 0 Å². The van der Waals surface area contributed by atoms with E-state index in [-0.39, 0.29) is 123 Å². The maximum absolute atomic E-state index is 13.7. The van der Waals surface area contributed by atoms with Crippen molar-refractivity contribution in [2.24, 2.45) is 27.4 Å². The first-order valence-electron chi connectivity index (χ1n) is 39.6. The number of esters is 1. The molecule has 0 saturated carbocycles. The number of hydrogen-bond acceptors (Lipinski definition) is 29. The molecule has 5 aliphatic rings. The number of aliphatic hydroxyl groups is 3. The molecule has 5 aliphatic heterocycles. The number of nitrogens with two attached hydrogens (primary N) is 2. The number of nitrogens with zero attached hydrogens (tertiary/aromatic N) is 5. The van der Waals surface area contributed by atoms with Crippen molar-refractivity contribution in [1.82, 2.24) is 30.9 Å². The van der Waals surface area contributed by atoms with Gasteiger partial charge in [0.1, 0.15) is 47.3 Å². The van der Waals surface area contributed by atoms with Crippen molar-refractivity contribution >= 4 is 105 Å². The van der Waals surface area contributed by atoms with Crippen LogP contribution in [0.5, 0.6) is 0 Å². The third kappa shape index (κ3) is 35.8. The number of ketones is 4. The molecule has 5 unspecified atom stereocenters. The van der Waals surface area contributed by atoms with Gasteiger partial charge in [-0.2, -0.15) is 23.5 Å². The maximum Gasteiger partial charge on any atom is 0.305 e. The number of thioether (sulfide) groups is 3. The van der Waals surface area contributed by atoms with E-state index in [4.69, 9.17) is 44.6 Å². The molecule has 30 nitrogen and oxygen atoms in total. The summed E-state index contributed by atoms with van der Waals surface area (Å²) < 4.78 is 40.7. The molecule has 0 radical (unpaired) electrons. The van der Waals surface area contributed by atoms with Crippen molar-refractivity contribution in [3.05, 3.63) is 35.7 Å². The smallest absolute Gasteiger partial charge is 0.305 e. The topological polar surface area (TPSA) is 429 Å². The number of aliphatic hydroxyl groups excluding tert-OH is 3. The molecule has 109 heavy (non-hydrogen) atoms. The van der Waals surface area contributed by atoms with Gasteiger partial charge in [0.25, 0.3) is 0 Å². The second-order valence-corrected chi connectivity index (χ2v) is 32.4. The van der Waals surface area contributed by atoms with Crippen LogP contribution in [0.2, 0.25) is 0 Å². The van der Waals surface area contributed by atoms with E-state index in [0.29, 0.717) is 199 Å². The SMILES string of the molecule is CC1C(SCCC(=O)CCCOCCOCCNC(=O)CCCCC(=O)OCCOCCOCCn2cc(COCCCC(=O)c3cc(NC(=O)CCCCCCC(=O)CCCC[C@@H]4SC[C@@H]5NC(N)=N[C@@H]54)cc(NC(=O)CCCCCCC(=O)CCCC[C@@H]4SC[C@@H]5NC(N)=N[C@@H]54)c3)nn2)OC(CO)C(O)C1O. The summed E-state index contributed by atoms with van der Waals surface area (Å²) in [5.41, 5.74) is 13.1. The Hall–Kier alpha value is -5.85. The summed E-state index contributed by atoms with van der Waals surface area (Å²) in [5, 5.41) is 54.1. The number of rotatable bonds is 62. The first kappa shape index (κ1) is 90.3. The van der Waals surface area contributed by atoms with E-state index in [1.54, 1.807) is 36.0 Å². The Kier molecular flexibility index (Phi) is 43.5. The Morgan fingerprint density at radius 2 is 1.06 bits per heavy atom. The minimum absolute atomic E-state index is 0.0895. The molecule has 1 aromatic carbocycles. The standard InChI is InChI=1S/C76H122N12O18S3/c1-52-72(98)73(99)63(48-89)106-74(52)107-43-30-59(92)22-16-33-100-37-38-101-35-31-79-66(94)26-14-15-29-69(97)105-42-41-103-40-39-102-36-32-88-47-56(86-87-88)49-104-34-17-23-62(93)53-44-54(80-67(95)27-8-4-2-6-18-57(90)20-10-12-24-64-70-60(50-108-64)82-75(77)84-70)46-55(45-53)81-68(96)28-9-5-3-7-19-58(91)21-11-13-25-65-71-61(51-109-65)83-76(78)85-71/h44-47,52,60-61,63-65,70-74,89,98-99H,2-43,48-51H2,1H3,(H,79,94)(H,80,95)(H,81,96)(H3,77,82,84)(H3,78,83,85)/t52?,60-,61-,63?,64-,65-,70-,71-,72?,73?,74?/m0/s1. The number of carbonyl (C=O) groups excluding carboxylic acids is 8. The normalized spacial score (nSPS) is 21.9. The minimum Gasteiger partial charge on any atom is -0.463 e. The molecule has 12 N–H and O–H groups in total. The van der Waals surface area contributed by atoms with Gasteiger partial charge in [0.2, 0.25) is 17.7 Å². The zero-order chi connectivity index (χ0) is 77.8. The highest BCUT2D eigenvalue weighted by molar-refractivity contribution is 8.00. The van der Waals surface area contributed by atoms with Gasteiger partial charge < -0.3 is 86.5 Å². The molecule has 3 amide bonds. The fourth-order valence-corrected chi connectivity index (χ4v) is 17.8. The number of amides is 3. The lowest BCUT2D eigenvalue weighted by molar-refractivity contribution is -0.181. The van der Waals surface area contributed by atoms with E-state index in [1.807, 2.05) is 23.5 Å². The quantitative estimate of drug-likeness (QED) is 0.0188. The third-order valence-electron chi connectivity index (χ3n) is 19.7. The predicted octanol–water partition coefficient (Wildman–Crippen LogP) is 6.65. The van der Waals surface area contributed by atoms with Crippen molar-refractivity contribution in [3.63, 3.8) is 0 Å². The number of Topliss-reactive ketones (excluding diaryl/α,β-unsaturated/α-hetero) is 4. The van der Waals surface area contributed by atoms with E-state index in [2.05, 4.69) is 46.9 Å². The van der Waals surface area contributed by atoms with Gasteiger partial charge in [-0.15, -0.1) is 16.9 Å². The number of fused-ring (bicyclic) bond motifs is 2. The Morgan fingerprint density at radius 3 is 1.67 bits per heavy atom. The van der Waals surface area contributed by atoms with Crippen molar-refractivity contribution in [3.8, 4) is 0 Å². The molecule has 1 aromatic heterocycles. The number of benzene rings is 1. The largest absolute Gasteiger partial charge is 0.463 e. The van der Waals surface area contributed by atoms with Gasteiger partial charge in [-0.25, -0.2) is 14.7 Å². The number of anilines is 2. The highest BCUT2D eigenvalue weighted by Gasteiger charge is 2.43. The van der Waals surface area contributed by atoms with Gasteiger partial charge >= 0.3 is 5.97 Å². The summed E-state index contributed by atoms with van der Waals surface area (Å²) in [7, 11) is 0. The van der Waals surface area contributed by atoms with Crippen LogP contribution in [-0.2, 0) is 79.9 Å². The number of ether oxygens (including phenoxy) is 7. The second-order valence-electron chi connectivity index (χ2n) is 28.7. The molecule has 11 atom stereocenters. The van der Waals surface area contributed by atoms with Crippen LogP contribution in [0.15, 0.2) is 34.4 Å². The lowest BCUT2D eigenvalue weighted by Gasteiger charge is -2.40. The number of carbonyl (C=O) groups is 8. The van der Waals surface area contributed by atoms with Gasteiger partial charge in [-0.3, -0.25) is 38.4 Å². The van der Waals surface area contributed by atoms with E-state index < -0.39 is 30.4 Å². The minimum atomic E-state index is -1.15. The first-order valence-corrected chi connectivity index (χ1v) is 42.8. The number of nitrogens with one attached hydrogen (secondary N) is 5. The summed E-state index contributed by atoms with van der Waals surface area (Å²) in [4.78, 5) is 111. The zero-order valence-electron chi connectivity index (χ0n) is 63.8. The summed E-state index contributed by atoms with van der Waals surface area (Å²) in [6, 6.07) is 6.07. The first-order chi connectivity index (χ1) is 52.9. The molecular formula is C76H122N12O18S3. The monoisotopic (exact) mass is 1590 g/mol. The molecule has 612 valence electrons. The van der Waals surface area contributed by atoms with Gasteiger partial charge in [0.05, 0.1) is 102 Å². The summed E-state index contributed by atoms with van der Waals surface area (Å²) in [5.74, 6) is 2.80. The van der Waals surface area contributed by atoms with Crippen molar-refractivity contribution < 1.29 is 86.8 Å². The number of aromatic nitrogens is 3. The molecule has 3 saturated heterocycles. The zero-order valence-corrected chi connectivity index (χ0v) is 66.2. The molecule has 0 spiro atoms. The van der Waals surface area contributed by atoms with Crippen LogP contribution in [0.1, 0.15) is 209 Å². The summed E-state index contributed by atoms with van der Waals surface area (Å²) >= 11 is 5.27. The van der Waals surface area contributed by atoms with E-state index in [0.717, 1.165) is 88.6 Å². The van der Waals surface area contributed by atoms with Crippen LogP contribution < -0.4 is 38.1 Å². The number of guanidine groups is 2. The van der Waals surface area contributed by atoms with Gasteiger partial charge in [0.15, 0.2) is 17.7 Å². The van der Waals surface area contributed by atoms with Crippen LogP contribution >= 0.6 is 35.3 Å². The molecular weight excluding hydrogens is 1470 g/mol. The molecule has 7 rings (SSSR count). The average molecular weight is 1590 g/mol. The summed E-state index contributed by atoms with van der Waals surface area (Å²) in [6.07, 6.45) is 16.8. The van der Waals surface area contributed by atoms with Gasteiger partial charge in [0, 0.05) is 141 Å². The second kappa shape index (κ2) is 52.5. The van der Waals surface area contributed by atoms with Gasteiger partial charge in [-0.1, -0.05) is 50.7 Å². The van der Waals surface area contributed by atoms with Crippen LogP contribution in [-0.4, -0.2) is 244 Å².